The fourth-order valence-electron chi connectivity index (χ4n) is 9.40. The van der Waals surface area contributed by atoms with Gasteiger partial charge in [0.2, 0.25) is 5.91 Å². The first kappa shape index (κ1) is 62.8. The maximum atomic E-state index is 13.1. The number of carbonyl (C=O) groups is 1. The molecule has 0 aromatic rings. The average Bonchev–Trinajstić information content (AvgIpc) is 3.34. The minimum absolute atomic E-state index is 0.244. The number of nitrogens with one attached hydrogen (secondary N) is 1. The van der Waals surface area contributed by atoms with Crippen LogP contribution in [0.3, 0.4) is 0 Å². The van der Waals surface area contributed by atoms with Crippen LogP contribution in [0.2, 0.25) is 0 Å². The number of amides is 1. The number of aliphatic hydroxyl groups is 8. The summed E-state index contributed by atoms with van der Waals surface area (Å²) in [4.78, 5) is 13.1. The van der Waals surface area contributed by atoms with Crippen LogP contribution in [0.5, 0.6) is 0 Å². The Morgan fingerprint density at radius 2 is 0.912 bits per heavy atom. The molecule has 2 aliphatic rings. The Labute approximate surface area is 412 Å². The van der Waals surface area contributed by atoms with E-state index in [-0.39, 0.29) is 18.9 Å². The second kappa shape index (κ2) is 41.2. The van der Waals surface area contributed by atoms with Crippen LogP contribution in [-0.2, 0) is 23.7 Å². The topological polar surface area (TPSA) is 228 Å². The smallest absolute Gasteiger partial charge is 0.220 e. The summed E-state index contributed by atoms with van der Waals surface area (Å²) in [6, 6.07) is -0.905. The molecule has 2 saturated heterocycles. The van der Waals surface area contributed by atoms with Gasteiger partial charge in [-0.3, -0.25) is 4.79 Å². The largest absolute Gasteiger partial charge is 0.394 e. The molecule has 14 heteroatoms. The van der Waals surface area contributed by atoms with Crippen LogP contribution in [0.1, 0.15) is 232 Å². The molecule has 0 aliphatic carbocycles. The number of hydrogen-bond donors (Lipinski definition) is 9. The summed E-state index contributed by atoms with van der Waals surface area (Å²) < 4.78 is 22.5. The van der Waals surface area contributed by atoms with Gasteiger partial charge in [0, 0.05) is 6.42 Å². The number of hydrogen-bond acceptors (Lipinski definition) is 13. The van der Waals surface area contributed by atoms with Crippen molar-refractivity contribution in [2.45, 2.75) is 306 Å². The van der Waals surface area contributed by atoms with E-state index in [0.29, 0.717) is 6.42 Å². The van der Waals surface area contributed by atoms with Crippen molar-refractivity contribution in [2.75, 3.05) is 19.8 Å². The molecule has 402 valence electrons. The van der Waals surface area contributed by atoms with Crippen LogP contribution in [0.4, 0.5) is 0 Å². The first-order chi connectivity index (χ1) is 33.1. The molecule has 1 amide bonds. The van der Waals surface area contributed by atoms with Crippen molar-refractivity contribution in [3.8, 4) is 0 Å². The van der Waals surface area contributed by atoms with Gasteiger partial charge in [0.25, 0.3) is 0 Å². The lowest BCUT2D eigenvalue weighted by Crippen LogP contribution is -2.65. The molecule has 2 rings (SSSR count). The Kier molecular flexibility index (Phi) is 38.1. The van der Waals surface area contributed by atoms with Gasteiger partial charge >= 0.3 is 0 Å². The Morgan fingerprint density at radius 1 is 0.515 bits per heavy atom. The van der Waals surface area contributed by atoms with Crippen LogP contribution in [-0.4, -0.2) is 140 Å². The number of aliphatic hydroxyl groups excluding tert-OH is 8. The lowest BCUT2D eigenvalue weighted by molar-refractivity contribution is -0.359. The molecular formula is C54H103NO13. The van der Waals surface area contributed by atoms with E-state index in [1.54, 1.807) is 6.08 Å². The number of carbonyl (C=O) groups excluding carboxylic acids is 1. The van der Waals surface area contributed by atoms with Gasteiger partial charge in [-0.15, -0.1) is 0 Å². The van der Waals surface area contributed by atoms with E-state index in [2.05, 4.69) is 19.2 Å². The van der Waals surface area contributed by atoms with Gasteiger partial charge in [-0.2, -0.15) is 0 Å². The van der Waals surface area contributed by atoms with Gasteiger partial charge in [0.15, 0.2) is 12.6 Å². The monoisotopic (exact) mass is 974 g/mol. The summed E-state index contributed by atoms with van der Waals surface area (Å²) in [6.45, 7) is 2.64. The van der Waals surface area contributed by atoms with Gasteiger partial charge < -0.3 is 65.1 Å². The highest BCUT2D eigenvalue weighted by atomic mass is 16.7. The van der Waals surface area contributed by atoms with Crippen molar-refractivity contribution in [3.05, 3.63) is 12.2 Å². The number of allylic oxidation sites excluding steroid dienone is 1. The Morgan fingerprint density at radius 3 is 1.34 bits per heavy atom. The Balaban J connectivity index is 1.54. The summed E-state index contributed by atoms with van der Waals surface area (Å²) in [7, 11) is 0. The SMILES string of the molecule is CCCC/C=C/C(O)C(COC1OC(CO)C(OC2OC(CO)C(O)C(O)C2O)C(O)C1O)NC(=O)CCCCCCCCCCCCCCCCCCCCCCCCCCCCCCCC. The molecule has 12 unspecified atom stereocenters. The van der Waals surface area contributed by atoms with Gasteiger partial charge in [-0.25, -0.2) is 0 Å². The molecule has 0 bridgehead atoms. The summed E-state index contributed by atoms with van der Waals surface area (Å²) >= 11 is 0. The van der Waals surface area contributed by atoms with Gasteiger partial charge in [0.1, 0.15) is 48.8 Å². The fourth-order valence-corrected chi connectivity index (χ4v) is 9.40. The molecule has 68 heavy (non-hydrogen) atoms. The van der Waals surface area contributed by atoms with Crippen molar-refractivity contribution >= 4 is 5.91 Å². The molecule has 0 aromatic heterocycles. The summed E-state index contributed by atoms with van der Waals surface area (Å²) in [5.74, 6) is -0.244. The zero-order valence-electron chi connectivity index (χ0n) is 42.9. The lowest BCUT2D eigenvalue weighted by atomic mass is 9.97. The normalized spacial score (nSPS) is 26.4. The standard InChI is InChI=1S/C54H103NO13/c1-3-5-7-9-10-11-12-13-14-15-16-17-18-19-20-21-22-23-24-25-26-27-28-29-30-31-32-33-34-36-38-46(59)55-42(43(58)37-35-8-6-4-2)41-65-53-51(64)49(62)52(45(40-57)67-53)68-54-50(63)48(61)47(60)44(39-56)66-54/h35,37,42-45,47-54,56-58,60-64H,3-34,36,38-41H2,1-2H3,(H,55,59)/b37-35+. The molecule has 0 spiro atoms. The Hall–Kier alpha value is -1.27. The van der Waals surface area contributed by atoms with Crippen LogP contribution in [0.15, 0.2) is 12.2 Å². The maximum Gasteiger partial charge on any atom is 0.220 e. The third-order valence-corrected chi connectivity index (χ3v) is 14.0. The number of rotatable bonds is 44. The van der Waals surface area contributed by atoms with E-state index in [1.165, 1.54) is 167 Å². The van der Waals surface area contributed by atoms with Crippen LogP contribution in [0.25, 0.3) is 0 Å². The van der Waals surface area contributed by atoms with Crippen LogP contribution >= 0.6 is 0 Å². The molecule has 2 fully saturated rings. The van der Waals surface area contributed by atoms with Gasteiger partial charge in [-0.1, -0.05) is 225 Å². The first-order valence-corrected chi connectivity index (χ1v) is 27.9. The van der Waals surface area contributed by atoms with Crippen molar-refractivity contribution in [1.82, 2.24) is 5.32 Å². The maximum absolute atomic E-state index is 13.1. The zero-order chi connectivity index (χ0) is 49.6. The molecule has 2 heterocycles. The molecule has 2 aliphatic heterocycles. The summed E-state index contributed by atoms with van der Waals surface area (Å²) in [5.41, 5.74) is 0. The molecule has 12 atom stereocenters. The fraction of sp³-hybridized carbons (Fsp3) is 0.944. The molecular weight excluding hydrogens is 871 g/mol. The average molecular weight is 974 g/mol. The highest BCUT2D eigenvalue weighted by molar-refractivity contribution is 5.76. The molecule has 0 aromatic carbocycles. The van der Waals surface area contributed by atoms with E-state index >= 15 is 0 Å². The molecule has 0 saturated carbocycles. The van der Waals surface area contributed by atoms with Crippen molar-refractivity contribution in [2.24, 2.45) is 0 Å². The molecule has 9 N–H and O–H groups in total. The first-order valence-electron chi connectivity index (χ1n) is 27.9. The van der Waals surface area contributed by atoms with Gasteiger partial charge in [-0.05, 0) is 12.8 Å². The third-order valence-electron chi connectivity index (χ3n) is 14.0. The van der Waals surface area contributed by atoms with E-state index < -0.39 is 86.8 Å². The minimum atomic E-state index is -1.78. The summed E-state index contributed by atoms with van der Waals surface area (Å²) in [5, 5.41) is 86.1. The highest BCUT2D eigenvalue weighted by Crippen LogP contribution is 2.30. The quantitative estimate of drug-likeness (QED) is 0.0207. The second-order valence-electron chi connectivity index (χ2n) is 20.1. The molecule has 0 radical (unpaired) electrons. The second-order valence-corrected chi connectivity index (χ2v) is 20.1. The van der Waals surface area contributed by atoms with E-state index in [9.17, 15) is 45.6 Å². The van der Waals surface area contributed by atoms with E-state index in [0.717, 1.165) is 38.5 Å². The Bertz CT molecular complexity index is 1200. The van der Waals surface area contributed by atoms with E-state index in [4.69, 9.17) is 18.9 Å². The van der Waals surface area contributed by atoms with E-state index in [1.807, 2.05) is 6.08 Å². The van der Waals surface area contributed by atoms with Crippen LogP contribution in [0, 0.1) is 0 Å². The number of unbranched alkanes of at least 4 members (excludes halogenated alkanes) is 31. The predicted molar refractivity (Wildman–Crippen MR) is 268 cm³/mol. The van der Waals surface area contributed by atoms with Crippen molar-refractivity contribution in [3.63, 3.8) is 0 Å². The van der Waals surface area contributed by atoms with Crippen LogP contribution < -0.4 is 5.32 Å². The third kappa shape index (κ3) is 27.5. The lowest BCUT2D eigenvalue weighted by Gasteiger charge is -2.46. The zero-order valence-corrected chi connectivity index (χ0v) is 42.9. The number of ether oxygens (including phenoxy) is 4. The van der Waals surface area contributed by atoms with Crippen molar-refractivity contribution < 1.29 is 64.6 Å². The predicted octanol–water partition coefficient (Wildman–Crippen LogP) is 8.33. The van der Waals surface area contributed by atoms with Gasteiger partial charge in [0.05, 0.1) is 32.0 Å². The minimum Gasteiger partial charge on any atom is -0.394 e. The van der Waals surface area contributed by atoms with Crippen molar-refractivity contribution in [1.29, 1.82) is 0 Å². The highest BCUT2D eigenvalue weighted by Gasteiger charge is 2.51. The molecule has 14 nitrogen and oxygen atoms in total. The summed E-state index contributed by atoms with van der Waals surface area (Å²) in [6.07, 6.45) is 29.5.